The van der Waals surface area contributed by atoms with Crippen molar-refractivity contribution >= 4 is 29.3 Å². The van der Waals surface area contributed by atoms with E-state index in [-0.39, 0.29) is 12.4 Å². The molecule has 126 valence electrons. The van der Waals surface area contributed by atoms with Crippen LogP contribution in [-0.2, 0) is 4.79 Å². The van der Waals surface area contributed by atoms with Gasteiger partial charge in [-0.25, -0.2) is 0 Å². The molecule has 1 aliphatic rings. The van der Waals surface area contributed by atoms with Gasteiger partial charge in [-0.05, 0) is 48.0 Å². The fraction of sp³-hybridized carbons (Fsp3) is 0.111. The monoisotopic (exact) mass is 356 g/mol. The summed E-state index contributed by atoms with van der Waals surface area (Å²) >= 11 is 6.11. The number of hydrogen-bond acceptors (Lipinski definition) is 5. The first-order chi connectivity index (χ1) is 12.1. The second kappa shape index (κ2) is 7.16. The number of ether oxygens (including phenoxy) is 3. The largest absolute Gasteiger partial charge is 0.497 e. The molecule has 0 fully saturated rings. The van der Waals surface area contributed by atoms with E-state index in [0.717, 1.165) is 0 Å². The van der Waals surface area contributed by atoms with Crippen LogP contribution >= 0.6 is 11.6 Å². The van der Waals surface area contributed by atoms with Gasteiger partial charge in [0, 0.05) is 5.69 Å². The number of nitrogens with zero attached hydrogens (tertiary/aromatic N) is 1. The predicted molar refractivity (Wildman–Crippen MR) is 92.8 cm³/mol. The number of fused-ring (bicyclic) bond motifs is 1. The van der Waals surface area contributed by atoms with Gasteiger partial charge in [0.25, 0.3) is 5.91 Å². The van der Waals surface area contributed by atoms with E-state index in [9.17, 15) is 10.1 Å². The maximum atomic E-state index is 12.3. The Hall–Kier alpha value is -3.17. The van der Waals surface area contributed by atoms with Crippen LogP contribution in [-0.4, -0.2) is 19.8 Å². The quantitative estimate of drug-likeness (QED) is 0.668. The summed E-state index contributed by atoms with van der Waals surface area (Å²) in [6.07, 6.45) is 1.44. The van der Waals surface area contributed by atoms with Crippen molar-refractivity contribution in [3.63, 3.8) is 0 Å². The van der Waals surface area contributed by atoms with Crippen LogP contribution in [0.1, 0.15) is 5.56 Å². The molecule has 0 bridgehead atoms. The van der Waals surface area contributed by atoms with Crippen LogP contribution in [0.3, 0.4) is 0 Å². The maximum absolute atomic E-state index is 12.3. The summed E-state index contributed by atoms with van der Waals surface area (Å²) in [5.74, 6) is 1.08. The molecule has 7 heteroatoms. The lowest BCUT2D eigenvalue weighted by molar-refractivity contribution is -0.112. The molecule has 1 heterocycles. The van der Waals surface area contributed by atoms with Crippen molar-refractivity contribution in [2.24, 2.45) is 0 Å². The minimum absolute atomic E-state index is 0.0641. The lowest BCUT2D eigenvalue weighted by atomic mass is 10.1. The Labute approximate surface area is 149 Å². The van der Waals surface area contributed by atoms with Crippen LogP contribution in [0.2, 0.25) is 5.02 Å². The van der Waals surface area contributed by atoms with E-state index in [0.29, 0.717) is 33.5 Å². The van der Waals surface area contributed by atoms with Gasteiger partial charge in [-0.2, -0.15) is 5.26 Å². The summed E-state index contributed by atoms with van der Waals surface area (Å²) in [5.41, 5.74) is 1.05. The van der Waals surface area contributed by atoms with Gasteiger partial charge in [-0.1, -0.05) is 11.6 Å². The number of halogens is 1. The molecule has 3 rings (SSSR count). The predicted octanol–water partition coefficient (Wildman–Crippen LogP) is 3.62. The topological polar surface area (TPSA) is 80.6 Å². The summed E-state index contributed by atoms with van der Waals surface area (Å²) < 4.78 is 15.6. The SMILES string of the molecule is COc1ccc(NC(=O)/C(C#N)=C/c2cc(Cl)c3c(c2)OCO3)cc1. The Balaban J connectivity index is 1.81. The summed E-state index contributed by atoms with van der Waals surface area (Å²) in [5, 5.41) is 12.3. The van der Waals surface area contributed by atoms with Gasteiger partial charge >= 0.3 is 0 Å². The minimum Gasteiger partial charge on any atom is -0.497 e. The molecule has 1 amide bonds. The number of amides is 1. The molecule has 2 aromatic carbocycles. The third-order valence-electron chi connectivity index (χ3n) is 3.47. The number of carbonyl (C=O) groups excluding carboxylic acids is 1. The molecular formula is C18H13ClN2O4. The van der Waals surface area contributed by atoms with Crippen molar-refractivity contribution in [3.8, 4) is 23.3 Å². The lowest BCUT2D eigenvalue weighted by Crippen LogP contribution is -2.13. The zero-order valence-electron chi connectivity index (χ0n) is 13.2. The van der Waals surface area contributed by atoms with Gasteiger partial charge in [-0.15, -0.1) is 0 Å². The molecule has 0 aliphatic carbocycles. The van der Waals surface area contributed by atoms with Gasteiger partial charge < -0.3 is 19.5 Å². The third kappa shape index (κ3) is 3.67. The van der Waals surface area contributed by atoms with E-state index in [1.165, 1.54) is 6.08 Å². The second-order valence-corrected chi connectivity index (χ2v) is 5.50. The number of anilines is 1. The van der Waals surface area contributed by atoms with E-state index in [1.807, 2.05) is 6.07 Å². The van der Waals surface area contributed by atoms with E-state index in [4.69, 9.17) is 25.8 Å². The molecule has 6 nitrogen and oxygen atoms in total. The Bertz CT molecular complexity index is 885. The number of hydrogen-bond donors (Lipinski definition) is 1. The molecule has 0 atom stereocenters. The smallest absolute Gasteiger partial charge is 0.266 e. The van der Waals surface area contributed by atoms with E-state index < -0.39 is 5.91 Å². The Morgan fingerprint density at radius 3 is 2.76 bits per heavy atom. The van der Waals surface area contributed by atoms with Gasteiger partial charge in [0.2, 0.25) is 6.79 Å². The average Bonchev–Trinajstić information content (AvgIpc) is 3.09. The summed E-state index contributed by atoms with van der Waals surface area (Å²) in [6.45, 7) is 0.0886. The summed E-state index contributed by atoms with van der Waals surface area (Å²) in [6, 6.07) is 11.9. The van der Waals surface area contributed by atoms with Gasteiger partial charge in [0.15, 0.2) is 11.5 Å². The van der Waals surface area contributed by atoms with Crippen molar-refractivity contribution in [1.82, 2.24) is 0 Å². The highest BCUT2D eigenvalue weighted by atomic mass is 35.5. The third-order valence-corrected chi connectivity index (χ3v) is 3.75. The lowest BCUT2D eigenvalue weighted by Gasteiger charge is -2.06. The fourth-order valence-corrected chi connectivity index (χ4v) is 2.53. The number of nitriles is 1. The molecule has 0 saturated carbocycles. The van der Waals surface area contributed by atoms with Crippen LogP contribution in [0.4, 0.5) is 5.69 Å². The Morgan fingerprint density at radius 2 is 2.08 bits per heavy atom. The molecule has 0 aromatic heterocycles. The van der Waals surface area contributed by atoms with Crippen LogP contribution in [0.15, 0.2) is 42.0 Å². The van der Waals surface area contributed by atoms with Gasteiger partial charge in [0.05, 0.1) is 12.1 Å². The average molecular weight is 357 g/mol. The molecule has 0 unspecified atom stereocenters. The van der Waals surface area contributed by atoms with E-state index in [1.54, 1.807) is 43.5 Å². The summed E-state index contributed by atoms with van der Waals surface area (Å²) in [4.78, 5) is 12.3. The first-order valence-corrected chi connectivity index (χ1v) is 7.65. The zero-order chi connectivity index (χ0) is 17.8. The van der Waals surface area contributed by atoms with Crippen LogP contribution < -0.4 is 19.5 Å². The fourth-order valence-electron chi connectivity index (χ4n) is 2.26. The molecule has 0 radical (unpaired) electrons. The van der Waals surface area contributed by atoms with Crippen molar-refractivity contribution in [3.05, 3.63) is 52.6 Å². The second-order valence-electron chi connectivity index (χ2n) is 5.09. The molecule has 1 aliphatic heterocycles. The van der Waals surface area contributed by atoms with Crippen LogP contribution in [0, 0.1) is 11.3 Å². The van der Waals surface area contributed by atoms with Crippen molar-refractivity contribution in [1.29, 1.82) is 5.26 Å². The van der Waals surface area contributed by atoms with Crippen molar-refractivity contribution in [2.45, 2.75) is 0 Å². The van der Waals surface area contributed by atoms with E-state index in [2.05, 4.69) is 5.32 Å². The number of rotatable bonds is 4. The van der Waals surface area contributed by atoms with Crippen molar-refractivity contribution < 1.29 is 19.0 Å². The number of methoxy groups -OCH3 is 1. The molecule has 25 heavy (non-hydrogen) atoms. The first-order valence-electron chi connectivity index (χ1n) is 7.27. The molecule has 1 N–H and O–H groups in total. The Kier molecular flexibility index (Phi) is 4.78. The number of benzene rings is 2. The molecular weight excluding hydrogens is 344 g/mol. The molecule has 0 spiro atoms. The van der Waals surface area contributed by atoms with Crippen molar-refractivity contribution in [2.75, 3.05) is 19.2 Å². The Morgan fingerprint density at radius 1 is 1.32 bits per heavy atom. The van der Waals surface area contributed by atoms with Crippen LogP contribution in [0.5, 0.6) is 17.2 Å². The highest BCUT2D eigenvalue weighted by Gasteiger charge is 2.18. The summed E-state index contributed by atoms with van der Waals surface area (Å²) in [7, 11) is 1.56. The number of carbonyl (C=O) groups is 1. The highest BCUT2D eigenvalue weighted by Crippen LogP contribution is 2.40. The van der Waals surface area contributed by atoms with E-state index >= 15 is 0 Å². The first kappa shape index (κ1) is 16.7. The molecule has 0 saturated heterocycles. The normalized spacial score (nSPS) is 12.4. The minimum atomic E-state index is -0.526. The zero-order valence-corrected chi connectivity index (χ0v) is 14.0. The van der Waals surface area contributed by atoms with Gasteiger partial charge in [-0.3, -0.25) is 4.79 Å². The maximum Gasteiger partial charge on any atom is 0.266 e. The highest BCUT2D eigenvalue weighted by molar-refractivity contribution is 6.32. The standard InChI is InChI=1S/C18H13ClN2O4/c1-23-14-4-2-13(3-5-14)21-18(22)12(9-20)6-11-7-15(19)17-16(8-11)24-10-25-17/h2-8H,10H2,1H3,(H,21,22)/b12-6+. The molecule has 2 aromatic rings. The van der Waals surface area contributed by atoms with Gasteiger partial charge in [0.1, 0.15) is 17.4 Å². The van der Waals surface area contributed by atoms with Crippen LogP contribution in [0.25, 0.3) is 6.08 Å². The number of nitrogens with one attached hydrogen (secondary N) is 1.